The van der Waals surface area contributed by atoms with Crippen molar-refractivity contribution in [2.75, 3.05) is 13.2 Å². The number of hydrogen-bond donors (Lipinski definition) is 7. The van der Waals surface area contributed by atoms with Gasteiger partial charge in [-0.15, -0.1) is 0 Å². The molecule has 0 radical (unpaired) electrons. The third-order valence-electron chi connectivity index (χ3n) is 15.9. The number of ether oxygens (including phenoxy) is 4. The van der Waals surface area contributed by atoms with E-state index in [0.717, 1.165) is 60.7 Å². The average molecular weight is 727 g/mol. The fourth-order valence-corrected chi connectivity index (χ4v) is 12.2. The molecule has 2 heterocycles. The zero-order valence-corrected chi connectivity index (χ0v) is 31.9. The van der Waals surface area contributed by atoms with Crippen molar-refractivity contribution in [3.63, 3.8) is 0 Å². The van der Waals surface area contributed by atoms with E-state index in [1.54, 1.807) is 0 Å². The van der Waals surface area contributed by atoms with Gasteiger partial charge in [0.05, 0.1) is 19.3 Å². The van der Waals surface area contributed by atoms with E-state index >= 15 is 0 Å². The van der Waals surface area contributed by atoms with E-state index in [1.165, 1.54) is 51.4 Å². The first-order valence-electron chi connectivity index (χ1n) is 20.4. The van der Waals surface area contributed by atoms with Gasteiger partial charge in [-0.05, 0) is 116 Å². The zero-order valence-electron chi connectivity index (χ0n) is 31.9. The monoisotopic (exact) mass is 726 g/mol. The molecule has 2 aliphatic heterocycles. The first-order chi connectivity index (χ1) is 24.1. The minimum atomic E-state index is -1.70. The fraction of sp³-hybridized carbons (Fsp3) is 1.00. The Morgan fingerprint density at radius 2 is 1.27 bits per heavy atom. The average Bonchev–Trinajstić information content (AvgIpc) is 3.47. The Morgan fingerprint density at radius 1 is 0.647 bits per heavy atom. The van der Waals surface area contributed by atoms with Crippen molar-refractivity contribution >= 4 is 0 Å². The van der Waals surface area contributed by atoms with Crippen LogP contribution < -0.4 is 0 Å². The van der Waals surface area contributed by atoms with Crippen LogP contribution in [0.2, 0.25) is 0 Å². The van der Waals surface area contributed by atoms with Crippen molar-refractivity contribution in [2.45, 2.75) is 180 Å². The van der Waals surface area contributed by atoms with Gasteiger partial charge in [0, 0.05) is 0 Å². The highest BCUT2D eigenvalue weighted by atomic mass is 16.7. The maximum Gasteiger partial charge on any atom is 0.187 e. The summed E-state index contributed by atoms with van der Waals surface area (Å²) in [6, 6.07) is 0. The Labute approximate surface area is 305 Å². The summed E-state index contributed by atoms with van der Waals surface area (Å²) in [6.07, 6.45) is -1.27. The first-order valence-corrected chi connectivity index (χ1v) is 20.4. The van der Waals surface area contributed by atoms with Gasteiger partial charge in [-0.25, -0.2) is 0 Å². The summed E-state index contributed by atoms with van der Waals surface area (Å²) in [6.45, 7) is 13.6. The molecule has 4 aliphatic carbocycles. The maximum absolute atomic E-state index is 11.1. The SMILES string of the molecule is CC(C)[C@H](C)CC[C@@H](C)[C@H]1CC[C@H]2[C@@H]3CC[C@H]4C[C@@H](O[C@@H]5O[C@H](CO)[C@@H](O[C@H]6O[C@H](CO)[C@@H](O)[C@H](O)[C@H]6O)[C@H](O)[C@H]5O)CC[C@]4(C)[C@H]3CC[C@]12C. The summed E-state index contributed by atoms with van der Waals surface area (Å²) >= 11 is 0. The second-order valence-electron chi connectivity index (χ2n) is 18.7. The molecule has 20 atom stereocenters. The predicted molar refractivity (Wildman–Crippen MR) is 189 cm³/mol. The summed E-state index contributed by atoms with van der Waals surface area (Å²) in [4.78, 5) is 0. The lowest BCUT2D eigenvalue weighted by Crippen LogP contribution is -2.65. The lowest BCUT2D eigenvalue weighted by atomic mass is 9.44. The van der Waals surface area contributed by atoms with E-state index in [0.29, 0.717) is 11.3 Å². The number of rotatable bonds is 11. The third kappa shape index (κ3) is 7.46. The van der Waals surface area contributed by atoms with Crippen LogP contribution in [-0.4, -0.2) is 116 Å². The van der Waals surface area contributed by atoms with Crippen LogP contribution in [0.1, 0.15) is 112 Å². The summed E-state index contributed by atoms with van der Waals surface area (Å²) in [5.74, 6) is 6.00. The van der Waals surface area contributed by atoms with E-state index in [-0.39, 0.29) is 11.5 Å². The summed E-state index contributed by atoms with van der Waals surface area (Å²) in [5.41, 5.74) is 0.706. The molecule has 0 unspecified atom stereocenters. The molecule has 2 saturated heterocycles. The van der Waals surface area contributed by atoms with Crippen LogP contribution in [0.3, 0.4) is 0 Å². The van der Waals surface area contributed by atoms with E-state index in [9.17, 15) is 35.7 Å². The van der Waals surface area contributed by atoms with Gasteiger partial charge in [0.2, 0.25) is 0 Å². The minimum Gasteiger partial charge on any atom is -0.394 e. The van der Waals surface area contributed by atoms with Crippen molar-refractivity contribution in [3.05, 3.63) is 0 Å². The molecule has 0 spiro atoms. The highest BCUT2D eigenvalue weighted by Crippen LogP contribution is 2.68. The normalized spacial score (nSPS) is 51.4. The Balaban J connectivity index is 1.05. The summed E-state index contributed by atoms with van der Waals surface area (Å²) in [5, 5.41) is 72.7. The lowest BCUT2D eigenvalue weighted by molar-refractivity contribution is -0.364. The number of aliphatic hydroxyl groups is 7. The molecule has 0 amide bonds. The molecular formula is C40H70O11. The molecule has 11 nitrogen and oxygen atoms in total. The van der Waals surface area contributed by atoms with Crippen molar-refractivity contribution in [3.8, 4) is 0 Å². The zero-order chi connectivity index (χ0) is 37.0. The Kier molecular flexibility index (Phi) is 12.6. The molecule has 0 aromatic rings. The quantitative estimate of drug-likeness (QED) is 0.155. The van der Waals surface area contributed by atoms with Gasteiger partial charge in [-0.2, -0.15) is 0 Å². The van der Waals surface area contributed by atoms with E-state index in [4.69, 9.17) is 18.9 Å². The van der Waals surface area contributed by atoms with Gasteiger partial charge in [0.25, 0.3) is 0 Å². The second-order valence-corrected chi connectivity index (χ2v) is 18.7. The number of aliphatic hydroxyl groups excluding tert-OH is 7. The Morgan fingerprint density at radius 3 is 1.96 bits per heavy atom. The first kappa shape index (κ1) is 40.2. The molecule has 0 aromatic carbocycles. The van der Waals surface area contributed by atoms with Gasteiger partial charge in [-0.1, -0.05) is 54.4 Å². The van der Waals surface area contributed by atoms with Gasteiger partial charge in [-0.3, -0.25) is 0 Å². The van der Waals surface area contributed by atoms with Crippen molar-refractivity contribution < 1.29 is 54.7 Å². The Bertz CT molecular complexity index is 1140. The van der Waals surface area contributed by atoms with Crippen LogP contribution in [-0.2, 0) is 18.9 Å². The second kappa shape index (κ2) is 16.0. The number of hydrogen-bond acceptors (Lipinski definition) is 11. The van der Waals surface area contributed by atoms with Crippen LogP contribution in [0.5, 0.6) is 0 Å². The fourth-order valence-electron chi connectivity index (χ4n) is 12.2. The van der Waals surface area contributed by atoms with Crippen molar-refractivity contribution in [1.29, 1.82) is 0 Å². The van der Waals surface area contributed by atoms with Gasteiger partial charge in [0.15, 0.2) is 12.6 Å². The van der Waals surface area contributed by atoms with Gasteiger partial charge in [0.1, 0.15) is 48.8 Å². The van der Waals surface area contributed by atoms with Crippen LogP contribution in [0, 0.1) is 58.2 Å². The van der Waals surface area contributed by atoms with Crippen LogP contribution >= 0.6 is 0 Å². The van der Waals surface area contributed by atoms with E-state index in [1.807, 2.05) is 0 Å². The molecule has 0 aromatic heterocycles. The molecular weight excluding hydrogens is 656 g/mol. The van der Waals surface area contributed by atoms with Gasteiger partial charge < -0.3 is 54.7 Å². The van der Waals surface area contributed by atoms with Gasteiger partial charge >= 0.3 is 0 Å². The molecule has 7 N–H and O–H groups in total. The van der Waals surface area contributed by atoms with Crippen LogP contribution in [0.4, 0.5) is 0 Å². The maximum atomic E-state index is 11.1. The number of fused-ring (bicyclic) bond motifs is 5. The minimum absolute atomic E-state index is 0.160. The molecule has 6 aliphatic rings. The van der Waals surface area contributed by atoms with Crippen LogP contribution in [0.15, 0.2) is 0 Å². The largest absolute Gasteiger partial charge is 0.394 e. The smallest absolute Gasteiger partial charge is 0.187 e. The van der Waals surface area contributed by atoms with Crippen LogP contribution in [0.25, 0.3) is 0 Å². The lowest BCUT2D eigenvalue weighted by Gasteiger charge is -2.61. The van der Waals surface area contributed by atoms with E-state index < -0.39 is 74.6 Å². The highest BCUT2D eigenvalue weighted by molar-refractivity contribution is 5.10. The molecule has 11 heteroatoms. The standard InChI is InChI=1S/C40H70O11/c1-20(2)21(3)7-8-22(4)26-11-12-27-25-10-9-23-17-24(13-15-39(23,5)28(25)14-16-40(26,27)6)48-37-35(47)33(45)36(30(19-42)50-37)51-38-34(46)32(44)31(43)29(18-41)49-38/h20-38,41-47H,7-19H2,1-6H3/t21-,22-,23+,24+,25+,26-,27+,28+,29-,30-,31-,32+,33-,34-,35-,36-,37-,38-,39+,40-/m1/s1. The molecule has 6 fully saturated rings. The third-order valence-corrected chi connectivity index (χ3v) is 15.9. The summed E-state index contributed by atoms with van der Waals surface area (Å²) in [7, 11) is 0. The molecule has 4 saturated carbocycles. The molecule has 0 bridgehead atoms. The van der Waals surface area contributed by atoms with Crippen molar-refractivity contribution in [2.24, 2.45) is 58.2 Å². The highest BCUT2D eigenvalue weighted by Gasteiger charge is 2.61. The molecule has 6 rings (SSSR count). The Hall–Kier alpha value is -0.440. The van der Waals surface area contributed by atoms with Crippen molar-refractivity contribution in [1.82, 2.24) is 0 Å². The molecule has 296 valence electrons. The van der Waals surface area contributed by atoms with E-state index in [2.05, 4.69) is 41.5 Å². The predicted octanol–water partition coefficient (Wildman–Crippen LogP) is 3.36. The topological polar surface area (TPSA) is 179 Å². The summed E-state index contributed by atoms with van der Waals surface area (Å²) < 4.78 is 23.5. The molecule has 51 heavy (non-hydrogen) atoms.